The van der Waals surface area contributed by atoms with Crippen LogP contribution in [0.1, 0.15) is 49.3 Å². The molecule has 1 saturated carbocycles. The van der Waals surface area contributed by atoms with Crippen LogP contribution in [-0.2, 0) is 7.05 Å². The number of nitrogens with zero attached hydrogens (tertiary/aromatic N) is 2. The van der Waals surface area contributed by atoms with Crippen LogP contribution in [0, 0.1) is 18.8 Å². The van der Waals surface area contributed by atoms with Gasteiger partial charge in [0, 0.05) is 13.1 Å². The molecule has 6 nitrogen and oxygen atoms in total. The molecule has 0 aliphatic heterocycles. The van der Waals surface area contributed by atoms with Gasteiger partial charge in [0.15, 0.2) is 10.8 Å². The molecule has 0 saturated heterocycles. The molecule has 1 amide bonds. The smallest absolute Gasteiger partial charge is 0.291 e. The average molecular weight is 402 g/mol. The Morgan fingerprint density at radius 2 is 2.04 bits per heavy atom. The molecule has 23 heavy (non-hydrogen) atoms. The number of nitrogens with one attached hydrogen (secondary N) is 3. The van der Waals surface area contributed by atoms with Gasteiger partial charge < -0.3 is 5.32 Å². The van der Waals surface area contributed by atoms with Gasteiger partial charge in [0.05, 0.1) is 10.2 Å². The molecule has 3 unspecified atom stereocenters. The number of carbonyl (C=O) groups excluding carboxylic acids is 1. The van der Waals surface area contributed by atoms with Gasteiger partial charge in [-0.05, 0) is 53.3 Å². The van der Waals surface area contributed by atoms with E-state index in [9.17, 15) is 4.79 Å². The van der Waals surface area contributed by atoms with Gasteiger partial charge in [-0.25, -0.2) is 0 Å². The SMILES string of the molecule is Cc1c(Br)c(C(=O)NNC(=S)NC2CCCC(C)C2C)nn1C. The third-order valence-corrected chi connectivity index (χ3v) is 5.96. The Hall–Kier alpha value is -1.15. The highest BCUT2D eigenvalue weighted by Gasteiger charge is 2.27. The fraction of sp³-hybridized carbons (Fsp3) is 0.667. The molecule has 0 radical (unpaired) electrons. The van der Waals surface area contributed by atoms with Gasteiger partial charge in [-0.1, -0.05) is 26.7 Å². The minimum atomic E-state index is -0.324. The largest absolute Gasteiger partial charge is 0.358 e. The second kappa shape index (κ2) is 7.61. The van der Waals surface area contributed by atoms with Crippen molar-refractivity contribution in [2.24, 2.45) is 18.9 Å². The number of rotatable bonds is 2. The molecule has 0 bridgehead atoms. The fourth-order valence-corrected chi connectivity index (χ4v) is 3.61. The molecule has 3 N–H and O–H groups in total. The quantitative estimate of drug-likeness (QED) is 0.524. The highest BCUT2D eigenvalue weighted by atomic mass is 79.9. The fourth-order valence-electron chi connectivity index (χ4n) is 2.89. The molecule has 2 rings (SSSR count). The van der Waals surface area contributed by atoms with Crippen LogP contribution in [-0.4, -0.2) is 26.8 Å². The standard InChI is InChI=1S/C15H24BrN5OS/c1-8-6-5-7-11(9(8)2)17-15(23)19-18-14(22)13-12(16)10(3)21(4)20-13/h8-9,11H,5-7H2,1-4H3,(H,18,22)(H2,17,19,23). The summed E-state index contributed by atoms with van der Waals surface area (Å²) in [5, 5.41) is 7.92. The van der Waals surface area contributed by atoms with E-state index in [0.29, 0.717) is 33.2 Å². The van der Waals surface area contributed by atoms with Crippen molar-refractivity contribution in [1.29, 1.82) is 0 Å². The Labute approximate surface area is 150 Å². The average Bonchev–Trinajstić information content (AvgIpc) is 2.77. The zero-order chi connectivity index (χ0) is 17.1. The lowest BCUT2D eigenvalue weighted by molar-refractivity contribution is 0.0936. The minimum absolute atomic E-state index is 0.324. The van der Waals surface area contributed by atoms with E-state index in [1.807, 2.05) is 6.92 Å². The lowest BCUT2D eigenvalue weighted by Gasteiger charge is -2.35. The first-order valence-corrected chi connectivity index (χ1v) is 9.07. The van der Waals surface area contributed by atoms with Crippen LogP contribution >= 0.6 is 28.1 Å². The van der Waals surface area contributed by atoms with Crippen molar-refractivity contribution in [3.63, 3.8) is 0 Å². The van der Waals surface area contributed by atoms with Crippen LogP contribution in [0.4, 0.5) is 0 Å². The molecule has 1 heterocycles. The topological polar surface area (TPSA) is 71.0 Å². The maximum Gasteiger partial charge on any atom is 0.291 e. The number of hydrazine groups is 1. The summed E-state index contributed by atoms with van der Waals surface area (Å²) in [5.74, 6) is 0.924. The van der Waals surface area contributed by atoms with Crippen molar-refractivity contribution in [3.8, 4) is 0 Å². The van der Waals surface area contributed by atoms with Crippen LogP contribution in [0.3, 0.4) is 0 Å². The van der Waals surface area contributed by atoms with Crippen LogP contribution in [0.5, 0.6) is 0 Å². The van der Waals surface area contributed by atoms with Crippen molar-refractivity contribution >= 4 is 39.2 Å². The second-order valence-corrected chi connectivity index (χ2v) is 7.50. The van der Waals surface area contributed by atoms with E-state index in [4.69, 9.17) is 12.2 Å². The number of carbonyl (C=O) groups is 1. The van der Waals surface area contributed by atoms with Gasteiger partial charge in [0.25, 0.3) is 5.91 Å². The van der Waals surface area contributed by atoms with E-state index < -0.39 is 0 Å². The Morgan fingerprint density at radius 3 is 2.65 bits per heavy atom. The third kappa shape index (κ3) is 4.23. The second-order valence-electron chi connectivity index (χ2n) is 6.30. The summed E-state index contributed by atoms with van der Waals surface area (Å²) in [7, 11) is 1.79. The van der Waals surface area contributed by atoms with Crippen LogP contribution in [0.25, 0.3) is 0 Å². The van der Waals surface area contributed by atoms with E-state index in [2.05, 4.69) is 51.0 Å². The molecule has 1 aromatic rings. The van der Waals surface area contributed by atoms with Gasteiger partial charge >= 0.3 is 0 Å². The van der Waals surface area contributed by atoms with Crippen molar-refractivity contribution in [3.05, 3.63) is 15.9 Å². The normalized spacial score (nSPS) is 24.1. The van der Waals surface area contributed by atoms with E-state index in [-0.39, 0.29) is 5.91 Å². The number of thiocarbonyl (C=S) groups is 1. The van der Waals surface area contributed by atoms with Gasteiger partial charge in [-0.15, -0.1) is 0 Å². The van der Waals surface area contributed by atoms with Crippen molar-refractivity contribution in [2.45, 2.75) is 46.1 Å². The van der Waals surface area contributed by atoms with Crippen LogP contribution in [0.15, 0.2) is 4.47 Å². The van der Waals surface area contributed by atoms with E-state index in [1.54, 1.807) is 11.7 Å². The Balaban J connectivity index is 1.86. The maximum atomic E-state index is 12.2. The lowest BCUT2D eigenvalue weighted by atomic mass is 9.78. The predicted octanol–water partition coefficient (Wildman–Crippen LogP) is 2.42. The summed E-state index contributed by atoms with van der Waals surface area (Å²) in [6, 6.07) is 0.347. The number of hydrogen-bond acceptors (Lipinski definition) is 3. The number of halogens is 1. The zero-order valence-electron chi connectivity index (χ0n) is 13.9. The highest BCUT2D eigenvalue weighted by molar-refractivity contribution is 9.10. The predicted molar refractivity (Wildman–Crippen MR) is 97.9 cm³/mol. The molecule has 1 aliphatic carbocycles. The van der Waals surface area contributed by atoms with E-state index >= 15 is 0 Å². The molecule has 128 valence electrons. The highest BCUT2D eigenvalue weighted by Crippen LogP contribution is 2.29. The summed E-state index contributed by atoms with van der Waals surface area (Å²) in [5.41, 5.74) is 6.59. The first-order valence-electron chi connectivity index (χ1n) is 7.87. The molecule has 1 aliphatic rings. The molecule has 3 atom stereocenters. The Kier molecular flexibility index (Phi) is 6.02. The number of aromatic nitrogens is 2. The molecular formula is C15H24BrN5OS. The first kappa shape index (κ1) is 18.2. The molecule has 8 heteroatoms. The molecule has 1 aromatic heterocycles. The number of amides is 1. The maximum absolute atomic E-state index is 12.2. The summed E-state index contributed by atoms with van der Waals surface area (Å²) < 4.78 is 2.34. The molecule has 1 fully saturated rings. The lowest BCUT2D eigenvalue weighted by Crippen LogP contribution is -2.52. The number of aryl methyl sites for hydroxylation is 1. The summed E-state index contributed by atoms with van der Waals surface area (Å²) in [6.07, 6.45) is 3.58. The summed E-state index contributed by atoms with van der Waals surface area (Å²) in [6.45, 7) is 6.41. The van der Waals surface area contributed by atoms with Gasteiger partial charge in [0.2, 0.25) is 0 Å². The monoisotopic (exact) mass is 401 g/mol. The molecule has 0 aromatic carbocycles. The van der Waals surface area contributed by atoms with Gasteiger partial charge in [0.1, 0.15) is 0 Å². The van der Waals surface area contributed by atoms with Crippen molar-refractivity contribution in [1.82, 2.24) is 25.9 Å². The van der Waals surface area contributed by atoms with Crippen LogP contribution < -0.4 is 16.2 Å². The summed E-state index contributed by atoms with van der Waals surface area (Å²) in [4.78, 5) is 12.2. The zero-order valence-corrected chi connectivity index (χ0v) is 16.3. The summed E-state index contributed by atoms with van der Waals surface area (Å²) >= 11 is 8.67. The first-order chi connectivity index (χ1) is 10.8. The Bertz CT molecular complexity index is 603. The van der Waals surface area contributed by atoms with E-state index in [1.165, 1.54) is 12.8 Å². The molecule has 0 spiro atoms. The third-order valence-electron chi connectivity index (χ3n) is 4.79. The van der Waals surface area contributed by atoms with Crippen molar-refractivity contribution < 1.29 is 4.79 Å². The van der Waals surface area contributed by atoms with Crippen molar-refractivity contribution in [2.75, 3.05) is 0 Å². The van der Waals surface area contributed by atoms with Gasteiger partial charge in [-0.3, -0.25) is 20.3 Å². The Morgan fingerprint density at radius 1 is 1.35 bits per heavy atom. The van der Waals surface area contributed by atoms with E-state index in [0.717, 1.165) is 12.1 Å². The molecular weight excluding hydrogens is 378 g/mol. The minimum Gasteiger partial charge on any atom is -0.358 e. The number of hydrogen-bond donors (Lipinski definition) is 3. The van der Waals surface area contributed by atoms with Gasteiger partial charge in [-0.2, -0.15) is 5.10 Å². The van der Waals surface area contributed by atoms with Crippen LogP contribution in [0.2, 0.25) is 0 Å².